The van der Waals surface area contributed by atoms with Gasteiger partial charge in [0, 0.05) is 39.8 Å². The molecule has 2 aliphatic rings. The fourth-order valence-electron chi connectivity index (χ4n) is 3.58. The number of halogens is 1. The van der Waals surface area contributed by atoms with Gasteiger partial charge < -0.3 is 29.3 Å². The highest BCUT2D eigenvalue weighted by Crippen LogP contribution is 2.18. The molecule has 1 unspecified atom stereocenters. The number of aliphatic imine (C=N–C) groups is 1. The molecular formula is C22H43IN4O4. The summed E-state index contributed by atoms with van der Waals surface area (Å²) >= 11 is 0. The third-order valence-corrected chi connectivity index (χ3v) is 5.27. The molecule has 9 heteroatoms. The molecule has 0 aromatic carbocycles. The van der Waals surface area contributed by atoms with E-state index in [1.807, 2.05) is 20.8 Å². The maximum absolute atomic E-state index is 12.1. The third kappa shape index (κ3) is 11.1. The summed E-state index contributed by atoms with van der Waals surface area (Å²) in [7, 11) is 1.75. The summed E-state index contributed by atoms with van der Waals surface area (Å²) < 4.78 is 17.3. The number of amides is 1. The number of hydrogen-bond donors (Lipinski definition) is 1. The van der Waals surface area contributed by atoms with Crippen molar-refractivity contribution in [2.24, 2.45) is 4.99 Å². The van der Waals surface area contributed by atoms with E-state index in [1.165, 1.54) is 12.8 Å². The molecule has 2 rings (SSSR count). The van der Waals surface area contributed by atoms with Crippen LogP contribution in [-0.4, -0.2) is 92.6 Å². The Hall–Kier alpha value is -0.810. The minimum atomic E-state index is -0.487. The van der Waals surface area contributed by atoms with Crippen LogP contribution in [0.2, 0.25) is 0 Å². The molecule has 0 spiro atoms. The number of carbonyl (C=O) groups excluding carboxylic acids is 1. The van der Waals surface area contributed by atoms with E-state index in [4.69, 9.17) is 19.2 Å². The first-order valence-corrected chi connectivity index (χ1v) is 11.5. The van der Waals surface area contributed by atoms with Crippen molar-refractivity contribution in [1.82, 2.24) is 15.1 Å². The summed E-state index contributed by atoms with van der Waals surface area (Å²) in [6.07, 6.45) is 5.79. The van der Waals surface area contributed by atoms with E-state index in [-0.39, 0.29) is 36.2 Å². The molecule has 1 amide bonds. The molecule has 0 aromatic heterocycles. The SMILES string of the molecule is CCNC(=NCCN(C)C(=O)OC(C)(C)C)N1CCC(OCC2CCCCO2)CC1.I. The summed E-state index contributed by atoms with van der Waals surface area (Å²) in [6, 6.07) is 0. The van der Waals surface area contributed by atoms with Crippen LogP contribution >= 0.6 is 24.0 Å². The highest BCUT2D eigenvalue weighted by atomic mass is 127. The normalized spacial score (nSPS) is 20.7. The van der Waals surface area contributed by atoms with Gasteiger partial charge in [-0.25, -0.2) is 4.79 Å². The maximum atomic E-state index is 12.1. The number of rotatable bonds is 7. The zero-order valence-corrected chi connectivity index (χ0v) is 22.4. The van der Waals surface area contributed by atoms with Crippen molar-refractivity contribution in [2.45, 2.75) is 77.6 Å². The lowest BCUT2D eigenvalue weighted by Gasteiger charge is -2.35. The number of likely N-dealkylation sites (N-methyl/N-ethyl adjacent to an activating group) is 1. The number of nitrogens with one attached hydrogen (secondary N) is 1. The Morgan fingerprint density at radius 2 is 1.94 bits per heavy atom. The highest BCUT2D eigenvalue weighted by molar-refractivity contribution is 14.0. The van der Waals surface area contributed by atoms with Gasteiger partial charge in [-0.05, 0) is 59.8 Å². The van der Waals surface area contributed by atoms with Gasteiger partial charge in [0.05, 0.1) is 25.4 Å². The topological polar surface area (TPSA) is 75.6 Å². The Labute approximate surface area is 205 Å². The van der Waals surface area contributed by atoms with E-state index in [1.54, 1.807) is 11.9 Å². The van der Waals surface area contributed by atoms with E-state index in [0.29, 0.717) is 19.2 Å². The number of nitrogens with zero attached hydrogens (tertiary/aromatic N) is 3. The first-order chi connectivity index (χ1) is 14.3. The van der Waals surface area contributed by atoms with Crippen LogP contribution in [0.25, 0.3) is 0 Å². The van der Waals surface area contributed by atoms with E-state index in [9.17, 15) is 4.79 Å². The number of piperidine rings is 1. The van der Waals surface area contributed by atoms with Gasteiger partial charge in [0.2, 0.25) is 0 Å². The maximum Gasteiger partial charge on any atom is 0.410 e. The predicted octanol–water partition coefficient (Wildman–Crippen LogP) is 3.49. The minimum absolute atomic E-state index is 0. The first kappa shape index (κ1) is 28.2. The molecule has 31 heavy (non-hydrogen) atoms. The van der Waals surface area contributed by atoms with Crippen molar-refractivity contribution in [3.05, 3.63) is 0 Å². The number of guanidine groups is 1. The van der Waals surface area contributed by atoms with Crippen LogP contribution < -0.4 is 5.32 Å². The molecule has 2 heterocycles. The summed E-state index contributed by atoms with van der Waals surface area (Å²) in [6.45, 7) is 13.0. The molecule has 8 nitrogen and oxygen atoms in total. The summed E-state index contributed by atoms with van der Waals surface area (Å²) in [5, 5.41) is 3.37. The molecule has 0 saturated carbocycles. The van der Waals surface area contributed by atoms with Crippen LogP contribution in [0.5, 0.6) is 0 Å². The van der Waals surface area contributed by atoms with Gasteiger partial charge in [0.15, 0.2) is 5.96 Å². The summed E-state index contributed by atoms with van der Waals surface area (Å²) in [4.78, 5) is 20.7. The summed E-state index contributed by atoms with van der Waals surface area (Å²) in [5.74, 6) is 0.907. The van der Waals surface area contributed by atoms with Crippen LogP contribution in [0.1, 0.15) is 59.8 Å². The molecule has 2 saturated heterocycles. The van der Waals surface area contributed by atoms with Gasteiger partial charge in [0.1, 0.15) is 5.60 Å². The zero-order chi connectivity index (χ0) is 22.0. The molecule has 2 aliphatic heterocycles. The quantitative estimate of drug-likeness (QED) is 0.295. The number of carbonyl (C=O) groups is 1. The van der Waals surface area contributed by atoms with Crippen molar-refractivity contribution in [3.63, 3.8) is 0 Å². The Morgan fingerprint density at radius 3 is 2.52 bits per heavy atom. The van der Waals surface area contributed by atoms with E-state index in [2.05, 4.69) is 17.1 Å². The third-order valence-electron chi connectivity index (χ3n) is 5.27. The standard InChI is InChI=1S/C22H42N4O4.HI/c1-6-23-20(24-12-15-25(5)21(27)30-22(2,3)4)26-13-10-18(11-14-26)29-17-19-9-7-8-16-28-19;/h18-19H,6-17H2,1-5H3,(H,23,24);1H. The van der Waals surface area contributed by atoms with Crippen molar-refractivity contribution in [2.75, 3.05) is 53.0 Å². The van der Waals surface area contributed by atoms with Gasteiger partial charge >= 0.3 is 6.09 Å². The monoisotopic (exact) mass is 554 g/mol. The highest BCUT2D eigenvalue weighted by Gasteiger charge is 2.24. The van der Waals surface area contributed by atoms with Crippen LogP contribution in [0.3, 0.4) is 0 Å². The molecular weight excluding hydrogens is 511 g/mol. The second-order valence-electron chi connectivity index (χ2n) is 9.15. The molecule has 182 valence electrons. The van der Waals surface area contributed by atoms with Crippen LogP contribution in [0.4, 0.5) is 4.79 Å². The Morgan fingerprint density at radius 1 is 1.23 bits per heavy atom. The van der Waals surface area contributed by atoms with Crippen LogP contribution in [0.15, 0.2) is 4.99 Å². The largest absolute Gasteiger partial charge is 0.444 e. The molecule has 0 radical (unpaired) electrons. The van der Waals surface area contributed by atoms with Crippen molar-refractivity contribution >= 4 is 36.0 Å². The number of hydrogen-bond acceptors (Lipinski definition) is 5. The van der Waals surface area contributed by atoms with Crippen molar-refractivity contribution < 1.29 is 19.0 Å². The first-order valence-electron chi connectivity index (χ1n) is 11.5. The Bertz CT molecular complexity index is 542. The number of likely N-dealkylation sites (tertiary alicyclic amines) is 1. The van der Waals surface area contributed by atoms with Gasteiger partial charge in [0.25, 0.3) is 0 Å². The lowest BCUT2D eigenvalue weighted by atomic mass is 10.1. The van der Waals surface area contributed by atoms with Gasteiger partial charge in [-0.15, -0.1) is 24.0 Å². The van der Waals surface area contributed by atoms with Gasteiger partial charge in [-0.2, -0.15) is 0 Å². The molecule has 0 bridgehead atoms. The smallest absolute Gasteiger partial charge is 0.410 e. The van der Waals surface area contributed by atoms with Gasteiger partial charge in [-0.3, -0.25) is 4.99 Å². The molecule has 0 aliphatic carbocycles. The lowest BCUT2D eigenvalue weighted by molar-refractivity contribution is -0.0721. The van der Waals surface area contributed by atoms with Crippen LogP contribution in [0, 0.1) is 0 Å². The second-order valence-corrected chi connectivity index (χ2v) is 9.15. The van der Waals surface area contributed by atoms with Gasteiger partial charge in [-0.1, -0.05) is 0 Å². The molecule has 0 aromatic rings. The Balaban J connectivity index is 0.00000480. The summed E-state index contributed by atoms with van der Waals surface area (Å²) in [5.41, 5.74) is -0.487. The minimum Gasteiger partial charge on any atom is -0.444 e. The second kappa shape index (κ2) is 14.4. The van der Waals surface area contributed by atoms with E-state index < -0.39 is 5.60 Å². The van der Waals surface area contributed by atoms with Crippen molar-refractivity contribution in [3.8, 4) is 0 Å². The zero-order valence-electron chi connectivity index (χ0n) is 20.0. The molecule has 1 N–H and O–H groups in total. The van der Waals surface area contributed by atoms with E-state index >= 15 is 0 Å². The molecule has 2 fully saturated rings. The Kier molecular flexibility index (Phi) is 13.1. The fraction of sp³-hybridized carbons (Fsp3) is 0.909. The predicted molar refractivity (Wildman–Crippen MR) is 134 cm³/mol. The average molecular weight is 555 g/mol. The van der Waals surface area contributed by atoms with Crippen LogP contribution in [-0.2, 0) is 14.2 Å². The number of ether oxygens (including phenoxy) is 3. The molecule has 1 atom stereocenters. The average Bonchev–Trinajstić information content (AvgIpc) is 2.71. The van der Waals surface area contributed by atoms with Crippen molar-refractivity contribution in [1.29, 1.82) is 0 Å². The van der Waals surface area contributed by atoms with E-state index in [0.717, 1.165) is 58.1 Å². The fourth-order valence-corrected chi connectivity index (χ4v) is 3.58. The lowest BCUT2D eigenvalue weighted by Crippen LogP contribution is -2.47.